The molecule has 0 aliphatic carbocycles. The van der Waals surface area contributed by atoms with E-state index in [4.69, 9.17) is 0 Å². The van der Waals surface area contributed by atoms with Crippen LogP contribution in [0.15, 0.2) is 29.4 Å². The van der Waals surface area contributed by atoms with Crippen molar-refractivity contribution < 1.29 is 4.79 Å². The zero-order valence-electron chi connectivity index (χ0n) is 17.7. The molecular weight excluding hydrogens is 368 g/mol. The number of nitrogens with zero attached hydrogens (tertiary/aromatic N) is 4. The topological polar surface area (TPSA) is 51.0 Å². The first kappa shape index (κ1) is 20.9. The first-order chi connectivity index (χ1) is 13.4. The van der Waals surface area contributed by atoms with E-state index in [-0.39, 0.29) is 17.1 Å². The molecule has 1 fully saturated rings. The lowest BCUT2D eigenvalue weighted by Gasteiger charge is -2.36. The largest absolute Gasteiger partial charge is 0.339 e. The Morgan fingerprint density at radius 3 is 2.71 bits per heavy atom. The summed E-state index contributed by atoms with van der Waals surface area (Å²) in [4.78, 5) is 15.4. The number of benzene rings is 1. The molecule has 0 radical (unpaired) electrons. The fourth-order valence-electron chi connectivity index (χ4n) is 3.83. The molecule has 0 saturated carbocycles. The lowest BCUT2D eigenvalue weighted by molar-refractivity contribution is -0.134. The molecule has 6 heteroatoms. The molecule has 2 atom stereocenters. The molecule has 2 aromatic rings. The average molecular weight is 401 g/mol. The highest BCUT2D eigenvalue weighted by Gasteiger charge is 2.33. The zero-order valence-corrected chi connectivity index (χ0v) is 18.5. The Morgan fingerprint density at radius 2 is 2.07 bits per heavy atom. The number of thioether (sulfide) groups is 1. The van der Waals surface area contributed by atoms with Crippen molar-refractivity contribution in [3.05, 3.63) is 29.8 Å². The van der Waals surface area contributed by atoms with Crippen LogP contribution in [0, 0.1) is 12.8 Å². The van der Waals surface area contributed by atoms with E-state index >= 15 is 0 Å². The Balaban J connectivity index is 1.86. The number of rotatable bonds is 6. The Morgan fingerprint density at radius 1 is 1.29 bits per heavy atom. The summed E-state index contributed by atoms with van der Waals surface area (Å²) in [7, 11) is 0. The quantitative estimate of drug-likeness (QED) is 0.654. The average Bonchev–Trinajstić information content (AvgIpc) is 3.08. The molecule has 2 unspecified atom stereocenters. The third-order valence-corrected chi connectivity index (χ3v) is 6.99. The predicted molar refractivity (Wildman–Crippen MR) is 115 cm³/mol. The number of aromatic nitrogens is 3. The van der Waals surface area contributed by atoms with Gasteiger partial charge in [0.2, 0.25) is 5.91 Å². The van der Waals surface area contributed by atoms with Gasteiger partial charge >= 0.3 is 0 Å². The van der Waals surface area contributed by atoms with Gasteiger partial charge in [-0.05, 0) is 52.0 Å². The summed E-state index contributed by atoms with van der Waals surface area (Å²) >= 11 is 1.57. The molecule has 1 aliphatic heterocycles. The lowest BCUT2D eigenvalue weighted by Crippen LogP contribution is -2.47. The van der Waals surface area contributed by atoms with Crippen molar-refractivity contribution in [1.29, 1.82) is 0 Å². The third-order valence-electron chi connectivity index (χ3n) is 5.48. The summed E-state index contributed by atoms with van der Waals surface area (Å²) in [5.41, 5.74) is 2.27. The van der Waals surface area contributed by atoms with Gasteiger partial charge in [0.1, 0.15) is 0 Å². The first-order valence-corrected chi connectivity index (χ1v) is 11.3. The van der Waals surface area contributed by atoms with Crippen LogP contribution in [0.25, 0.3) is 11.4 Å². The summed E-state index contributed by atoms with van der Waals surface area (Å²) in [5.74, 6) is 1.35. The second-order valence-corrected chi connectivity index (χ2v) is 9.19. The Labute approximate surface area is 172 Å². The minimum atomic E-state index is -0.139. The molecule has 1 amide bonds. The normalized spacial score (nSPS) is 18.5. The van der Waals surface area contributed by atoms with E-state index in [1.54, 1.807) is 11.8 Å². The molecule has 28 heavy (non-hydrogen) atoms. The predicted octanol–water partition coefficient (Wildman–Crippen LogP) is 4.79. The van der Waals surface area contributed by atoms with Crippen molar-refractivity contribution in [2.75, 3.05) is 6.54 Å². The van der Waals surface area contributed by atoms with Crippen molar-refractivity contribution in [2.24, 2.45) is 5.92 Å². The van der Waals surface area contributed by atoms with Gasteiger partial charge in [-0.3, -0.25) is 4.79 Å². The summed E-state index contributed by atoms with van der Waals surface area (Å²) in [6.45, 7) is 12.3. The Hall–Kier alpha value is -1.82. The van der Waals surface area contributed by atoms with Gasteiger partial charge in [-0.2, -0.15) is 0 Å². The van der Waals surface area contributed by atoms with Gasteiger partial charge in [0.05, 0.1) is 5.25 Å². The minimum Gasteiger partial charge on any atom is -0.339 e. The molecular formula is C22H32N4OS. The minimum absolute atomic E-state index is 0.139. The number of piperidine rings is 1. The van der Waals surface area contributed by atoms with Crippen molar-refractivity contribution in [3.63, 3.8) is 0 Å². The molecule has 1 aromatic carbocycles. The second-order valence-electron chi connectivity index (χ2n) is 8.08. The van der Waals surface area contributed by atoms with Gasteiger partial charge in [0, 0.05) is 24.7 Å². The maximum absolute atomic E-state index is 13.3. The van der Waals surface area contributed by atoms with Gasteiger partial charge < -0.3 is 9.47 Å². The van der Waals surface area contributed by atoms with Gasteiger partial charge in [0.25, 0.3) is 0 Å². The van der Waals surface area contributed by atoms with Crippen molar-refractivity contribution in [1.82, 2.24) is 19.7 Å². The lowest BCUT2D eigenvalue weighted by atomic mass is 10.0. The Bertz CT molecular complexity index is 817. The standard InChI is InChI=1S/C22H32N4OS/c1-6-25-20(18-12-9-10-16(4)14-18)23-24-22(25)28-19(15(2)3)21(27)26-13-8-7-11-17(26)5/h9-10,12,14-15,17,19H,6-8,11,13H2,1-5H3. The summed E-state index contributed by atoms with van der Waals surface area (Å²) in [5, 5.41) is 9.62. The maximum atomic E-state index is 13.3. The summed E-state index contributed by atoms with van der Waals surface area (Å²) in [6.07, 6.45) is 3.42. The van der Waals surface area contributed by atoms with Crippen LogP contribution in [-0.2, 0) is 11.3 Å². The van der Waals surface area contributed by atoms with Crippen LogP contribution in [0.2, 0.25) is 0 Å². The molecule has 5 nitrogen and oxygen atoms in total. The molecule has 1 saturated heterocycles. The van der Waals surface area contributed by atoms with Gasteiger partial charge in [-0.15, -0.1) is 10.2 Å². The van der Waals surface area contributed by atoms with Gasteiger partial charge in [-0.1, -0.05) is 49.4 Å². The van der Waals surface area contributed by atoms with Crippen LogP contribution in [0.3, 0.4) is 0 Å². The van der Waals surface area contributed by atoms with Crippen LogP contribution in [-0.4, -0.2) is 43.4 Å². The van der Waals surface area contributed by atoms with E-state index in [2.05, 4.69) is 72.5 Å². The van der Waals surface area contributed by atoms with E-state index in [0.717, 1.165) is 42.5 Å². The number of carbonyl (C=O) groups excluding carboxylic acids is 1. The smallest absolute Gasteiger partial charge is 0.236 e. The molecule has 1 aromatic heterocycles. The number of hydrogen-bond acceptors (Lipinski definition) is 4. The highest BCUT2D eigenvalue weighted by molar-refractivity contribution is 8.00. The zero-order chi connectivity index (χ0) is 20.3. The number of carbonyl (C=O) groups is 1. The molecule has 0 N–H and O–H groups in total. The monoisotopic (exact) mass is 400 g/mol. The number of aryl methyl sites for hydroxylation is 1. The fourth-order valence-corrected chi connectivity index (χ4v) is 5.00. The van der Waals surface area contributed by atoms with E-state index in [1.807, 2.05) is 6.07 Å². The van der Waals surface area contributed by atoms with E-state index in [9.17, 15) is 4.79 Å². The molecule has 3 rings (SSSR count). The van der Waals surface area contributed by atoms with Crippen LogP contribution in [0.4, 0.5) is 0 Å². The molecule has 2 heterocycles. The highest BCUT2D eigenvalue weighted by atomic mass is 32.2. The van der Waals surface area contributed by atoms with Crippen LogP contribution in [0.5, 0.6) is 0 Å². The number of hydrogen-bond donors (Lipinski definition) is 0. The maximum Gasteiger partial charge on any atom is 0.236 e. The van der Waals surface area contributed by atoms with E-state index in [1.165, 1.54) is 12.0 Å². The van der Waals surface area contributed by atoms with Crippen molar-refractivity contribution >= 4 is 17.7 Å². The fraction of sp³-hybridized carbons (Fsp3) is 0.591. The number of amides is 1. The summed E-state index contributed by atoms with van der Waals surface area (Å²) in [6, 6.07) is 8.65. The molecule has 0 bridgehead atoms. The van der Waals surface area contributed by atoms with E-state index < -0.39 is 0 Å². The van der Waals surface area contributed by atoms with Gasteiger partial charge in [-0.25, -0.2) is 0 Å². The SMILES string of the molecule is CCn1c(SC(C(=O)N2CCCCC2C)C(C)C)nnc1-c1cccc(C)c1. The third kappa shape index (κ3) is 4.43. The second kappa shape index (κ2) is 9.12. The molecule has 0 spiro atoms. The Kier molecular flexibility index (Phi) is 6.81. The highest BCUT2D eigenvalue weighted by Crippen LogP contribution is 2.32. The van der Waals surface area contributed by atoms with Gasteiger partial charge in [0.15, 0.2) is 11.0 Å². The van der Waals surface area contributed by atoms with Crippen LogP contribution in [0.1, 0.15) is 52.5 Å². The molecule has 152 valence electrons. The first-order valence-electron chi connectivity index (χ1n) is 10.4. The number of likely N-dealkylation sites (tertiary alicyclic amines) is 1. The van der Waals surface area contributed by atoms with Crippen LogP contribution < -0.4 is 0 Å². The van der Waals surface area contributed by atoms with Crippen molar-refractivity contribution in [2.45, 2.75) is 76.9 Å². The summed E-state index contributed by atoms with van der Waals surface area (Å²) < 4.78 is 2.13. The molecule has 1 aliphatic rings. The van der Waals surface area contributed by atoms with Crippen molar-refractivity contribution in [3.8, 4) is 11.4 Å². The van der Waals surface area contributed by atoms with Crippen LogP contribution >= 0.6 is 11.8 Å². The van der Waals surface area contributed by atoms with E-state index in [0.29, 0.717) is 6.04 Å².